The Labute approximate surface area is 177 Å². The monoisotopic (exact) mass is 455 g/mol. The predicted octanol–water partition coefficient (Wildman–Crippen LogP) is 4.32. The summed E-state index contributed by atoms with van der Waals surface area (Å²) >= 11 is 8.82. The van der Waals surface area contributed by atoms with Crippen LogP contribution in [0, 0.1) is 11.3 Å². The van der Waals surface area contributed by atoms with Gasteiger partial charge in [0.2, 0.25) is 0 Å². The highest BCUT2D eigenvalue weighted by Crippen LogP contribution is 2.29. The lowest BCUT2D eigenvalue weighted by Crippen LogP contribution is -2.30. The van der Waals surface area contributed by atoms with Crippen molar-refractivity contribution in [1.82, 2.24) is 9.80 Å². The van der Waals surface area contributed by atoms with Gasteiger partial charge in [0.15, 0.2) is 5.11 Å². The largest absolute Gasteiger partial charge is 0.488 e. The molecule has 2 aromatic carbocycles. The number of rotatable bonds is 5. The fourth-order valence-electron chi connectivity index (χ4n) is 2.91. The van der Waals surface area contributed by atoms with Crippen LogP contribution in [0.5, 0.6) is 5.75 Å². The number of carbonyl (C=O) groups is 1. The minimum Gasteiger partial charge on any atom is -0.488 e. The lowest BCUT2D eigenvalue weighted by molar-refractivity contribution is -0.122. The number of likely N-dealkylation sites (N-methyl/N-ethyl adjacent to an activating group) is 2. The first-order chi connectivity index (χ1) is 13.5. The first-order valence-corrected chi connectivity index (χ1v) is 9.88. The van der Waals surface area contributed by atoms with Gasteiger partial charge in [0.05, 0.1) is 11.6 Å². The minimum atomic E-state index is -0.129. The van der Waals surface area contributed by atoms with Gasteiger partial charge in [-0.1, -0.05) is 34.1 Å². The molecule has 2 aromatic rings. The normalized spacial score (nSPS) is 15.3. The SMILES string of the molecule is CCN1C(=O)/C(=C/c2cc(Br)ccc2OCc2ccccc2C#N)N(C)C1=S. The zero-order chi connectivity index (χ0) is 20.3. The maximum absolute atomic E-state index is 12.7. The molecule has 28 heavy (non-hydrogen) atoms. The summed E-state index contributed by atoms with van der Waals surface area (Å²) in [5, 5.41) is 9.73. The summed E-state index contributed by atoms with van der Waals surface area (Å²) in [4.78, 5) is 15.9. The molecule has 0 atom stereocenters. The number of hydrogen-bond acceptors (Lipinski definition) is 4. The van der Waals surface area contributed by atoms with E-state index in [0.717, 1.165) is 15.6 Å². The molecule has 142 valence electrons. The van der Waals surface area contributed by atoms with Gasteiger partial charge in [-0.15, -0.1) is 0 Å². The van der Waals surface area contributed by atoms with Crippen LogP contribution in [-0.2, 0) is 11.4 Å². The van der Waals surface area contributed by atoms with Gasteiger partial charge in [0.1, 0.15) is 18.1 Å². The molecule has 1 saturated heterocycles. The third kappa shape index (κ3) is 3.93. The van der Waals surface area contributed by atoms with E-state index < -0.39 is 0 Å². The Bertz CT molecular complexity index is 1010. The Balaban J connectivity index is 1.93. The molecule has 0 aromatic heterocycles. The van der Waals surface area contributed by atoms with Crippen LogP contribution >= 0.6 is 28.1 Å². The molecular formula is C21H18BrN3O2S. The predicted molar refractivity (Wildman–Crippen MR) is 115 cm³/mol. The van der Waals surface area contributed by atoms with Gasteiger partial charge in [-0.2, -0.15) is 5.26 Å². The number of thiocarbonyl (C=S) groups is 1. The standard InChI is InChI=1S/C21H18BrN3O2S/c1-3-25-20(26)18(24(2)21(25)28)11-16-10-17(22)8-9-19(16)27-13-15-7-5-4-6-14(15)12-23/h4-11H,3,13H2,1-2H3/b18-11-. The van der Waals surface area contributed by atoms with E-state index in [-0.39, 0.29) is 12.5 Å². The summed E-state index contributed by atoms with van der Waals surface area (Å²) < 4.78 is 6.86. The van der Waals surface area contributed by atoms with E-state index in [1.54, 1.807) is 29.0 Å². The van der Waals surface area contributed by atoms with E-state index in [4.69, 9.17) is 17.0 Å². The zero-order valence-corrected chi connectivity index (χ0v) is 17.9. The molecule has 3 rings (SSSR count). The fourth-order valence-corrected chi connectivity index (χ4v) is 3.60. The van der Waals surface area contributed by atoms with Crippen molar-refractivity contribution in [3.8, 4) is 11.8 Å². The number of halogens is 1. The van der Waals surface area contributed by atoms with E-state index in [1.807, 2.05) is 43.3 Å². The topological polar surface area (TPSA) is 56.6 Å². The van der Waals surface area contributed by atoms with Gasteiger partial charge in [-0.3, -0.25) is 9.69 Å². The third-order valence-electron chi connectivity index (χ3n) is 4.44. The summed E-state index contributed by atoms with van der Waals surface area (Å²) in [5.41, 5.74) is 2.63. The Morgan fingerprint density at radius 1 is 1.29 bits per heavy atom. The molecule has 0 saturated carbocycles. The maximum Gasteiger partial charge on any atom is 0.276 e. The second-order valence-electron chi connectivity index (χ2n) is 6.16. The number of ether oxygens (including phenoxy) is 1. The molecule has 0 spiro atoms. The quantitative estimate of drug-likeness (QED) is 0.496. The number of amides is 1. The summed E-state index contributed by atoms with van der Waals surface area (Å²) in [5.74, 6) is 0.487. The zero-order valence-electron chi connectivity index (χ0n) is 15.5. The van der Waals surface area contributed by atoms with Crippen LogP contribution in [0.15, 0.2) is 52.6 Å². The van der Waals surface area contributed by atoms with Gasteiger partial charge in [-0.25, -0.2) is 0 Å². The van der Waals surface area contributed by atoms with Crippen LogP contribution in [0.3, 0.4) is 0 Å². The molecule has 7 heteroatoms. The third-order valence-corrected chi connectivity index (χ3v) is 5.43. The van der Waals surface area contributed by atoms with Crippen molar-refractivity contribution in [1.29, 1.82) is 5.26 Å². The molecule has 1 aliphatic rings. The Hall–Kier alpha value is -2.69. The Morgan fingerprint density at radius 3 is 2.71 bits per heavy atom. The summed E-state index contributed by atoms with van der Waals surface area (Å²) in [6.07, 6.45) is 1.78. The Kier molecular flexibility index (Phi) is 6.12. The second-order valence-corrected chi connectivity index (χ2v) is 7.44. The van der Waals surface area contributed by atoms with Crippen molar-refractivity contribution in [2.24, 2.45) is 0 Å². The van der Waals surface area contributed by atoms with Crippen molar-refractivity contribution in [3.05, 3.63) is 69.3 Å². The van der Waals surface area contributed by atoms with E-state index in [2.05, 4.69) is 22.0 Å². The molecule has 0 aliphatic carbocycles. The summed E-state index contributed by atoms with van der Waals surface area (Å²) in [7, 11) is 1.78. The van der Waals surface area contributed by atoms with Crippen LogP contribution in [0.2, 0.25) is 0 Å². The molecule has 1 amide bonds. The second kappa shape index (κ2) is 8.55. The van der Waals surface area contributed by atoms with Crippen molar-refractivity contribution < 1.29 is 9.53 Å². The van der Waals surface area contributed by atoms with Crippen molar-refractivity contribution in [2.45, 2.75) is 13.5 Å². The smallest absolute Gasteiger partial charge is 0.276 e. The molecule has 1 aliphatic heterocycles. The Morgan fingerprint density at radius 2 is 2.04 bits per heavy atom. The van der Waals surface area contributed by atoms with Crippen LogP contribution in [0.25, 0.3) is 6.08 Å². The minimum absolute atomic E-state index is 0.129. The van der Waals surface area contributed by atoms with Gasteiger partial charge < -0.3 is 9.64 Å². The van der Waals surface area contributed by atoms with Crippen LogP contribution in [0.1, 0.15) is 23.6 Å². The highest BCUT2D eigenvalue weighted by molar-refractivity contribution is 9.10. The number of nitrogens with zero attached hydrogens (tertiary/aromatic N) is 3. The molecule has 0 N–H and O–H groups in total. The number of benzene rings is 2. The van der Waals surface area contributed by atoms with Crippen LogP contribution in [0.4, 0.5) is 0 Å². The highest BCUT2D eigenvalue weighted by atomic mass is 79.9. The number of carbonyl (C=O) groups excluding carboxylic acids is 1. The molecule has 0 radical (unpaired) electrons. The average molecular weight is 456 g/mol. The first-order valence-electron chi connectivity index (χ1n) is 8.67. The average Bonchev–Trinajstić information content (AvgIpc) is 2.90. The first kappa shape index (κ1) is 20.1. The van der Waals surface area contributed by atoms with Gasteiger partial charge in [0, 0.05) is 29.2 Å². The van der Waals surface area contributed by atoms with Crippen molar-refractivity contribution in [3.63, 3.8) is 0 Å². The van der Waals surface area contributed by atoms with Crippen LogP contribution < -0.4 is 4.74 Å². The van der Waals surface area contributed by atoms with E-state index in [9.17, 15) is 10.1 Å². The number of hydrogen-bond donors (Lipinski definition) is 0. The van der Waals surface area contributed by atoms with E-state index in [1.165, 1.54) is 0 Å². The molecule has 1 heterocycles. The molecule has 0 bridgehead atoms. The maximum atomic E-state index is 12.7. The van der Waals surface area contributed by atoms with Crippen molar-refractivity contribution in [2.75, 3.05) is 13.6 Å². The van der Waals surface area contributed by atoms with Gasteiger partial charge in [0.25, 0.3) is 5.91 Å². The molecular weight excluding hydrogens is 438 g/mol. The lowest BCUT2D eigenvalue weighted by Gasteiger charge is -2.14. The van der Waals surface area contributed by atoms with Gasteiger partial charge in [-0.05, 0) is 49.5 Å². The summed E-state index contributed by atoms with van der Waals surface area (Å²) in [6, 6.07) is 15.1. The van der Waals surface area contributed by atoms with Crippen LogP contribution in [-0.4, -0.2) is 34.4 Å². The number of nitriles is 1. The lowest BCUT2D eigenvalue weighted by atomic mass is 10.1. The van der Waals surface area contributed by atoms with Gasteiger partial charge >= 0.3 is 0 Å². The fraction of sp³-hybridized carbons (Fsp3) is 0.190. The molecule has 1 fully saturated rings. The summed E-state index contributed by atoms with van der Waals surface area (Å²) in [6.45, 7) is 2.66. The van der Waals surface area contributed by atoms with E-state index in [0.29, 0.717) is 28.7 Å². The molecule has 0 unspecified atom stereocenters. The van der Waals surface area contributed by atoms with E-state index >= 15 is 0 Å². The van der Waals surface area contributed by atoms with Crippen molar-refractivity contribution >= 4 is 45.2 Å². The highest BCUT2D eigenvalue weighted by Gasteiger charge is 2.34. The molecule has 5 nitrogen and oxygen atoms in total.